The summed E-state index contributed by atoms with van der Waals surface area (Å²) in [7, 11) is 3.76. The van der Waals surface area contributed by atoms with Crippen molar-refractivity contribution in [1.82, 2.24) is 14.7 Å². The number of nitrogens with zero attached hydrogens (tertiary/aromatic N) is 3. The maximum atomic E-state index is 5.37. The number of methoxy groups -OCH3 is 1. The highest BCUT2D eigenvalue weighted by molar-refractivity contribution is 7.09. The molecule has 5 heteroatoms. The van der Waals surface area contributed by atoms with Crippen LogP contribution in [0.1, 0.15) is 22.1 Å². The van der Waals surface area contributed by atoms with Crippen molar-refractivity contribution >= 4 is 11.3 Å². The predicted molar refractivity (Wildman–Crippen MR) is 76.3 cm³/mol. The zero-order chi connectivity index (χ0) is 13.2. The number of fused-ring (bicyclic) bond motifs is 1. The lowest BCUT2D eigenvalue weighted by Gasteiger charge is -2.31. The lowest BCUT2D eigenvalue weighted by molar-refractivity contribution is 0.136. The molecule has 1 aliphatic rings. The van der Waals surface area contributed by atoms with Crippen molar-refractivity contribution < 1.29 is 4.74 Å². The van der Waals surface area contributed by atoms with Gasteiger partial charge in [0.15, 0.2) is 0 Å². The number of aromatic nitrogens is 2. The van der Waals surface area contributed by atoms with E-state index in [1.165, 1.54) is 16.1 Å². The van der Waals surface area contributed by atoms with Gasteiger partial charge in [0.1, 0.15) is 0 Å². The van der Waals surface area contributed by atoms with Gasteiger partial charge >= 0.3 is 0 Å². The molecule has 0 aromatic carbocycles. The third kappa shape index (κ3) is 2.73. The fourth-order valence-corrected chi connectivity index (χ4v) is 3.54. The molecule has 0 aliphatic carbocycles. The van der Waals surface area contributed by atoms with Crippen molar-refractivity contribution in [3.63, 3.8) is 0 Å². The maximum absolute atomic E-state index is 5.37. The molecule has 2 aromatic rings. The van der Waals surface area contributed by atoms with Gasteiger partial charge in [0, 0.05) is 56.3 Å². The Bertz CT molecular complexity index is 535. The fraction of sp³-hybridized carbons (Fsp3) is 0.500. The van der Waals surface area contributed by atoms with E-state index in [0.29, 0.717) is 5.92 Å². The first kappa shape index (κ1) is 12.8. The molecule has 0 bridgehead atoms. The minimum absolute atomic E-state index is 0.433. The molecule has 0 unspecified atom stereocenters. The fourth-order valence-electron chi connectivity index (χ4n) is 2.79. The van der Waals surface area contributed by atoms with E-state index in [-0.39, 0.29) is 0 Å². The maximum Gasteiger partial charge on any atom is 0.0800 e. The van der Waals surface area contributed by atoms with Crippen molar-refractivity contribution in [1.29, 1.82) is 0 Å². The molecule has 4 nitrogen and oxygen atoms in total. The molecule has 0 spiro atoms. The third-order valence-corrected chi connectivity index (χ3v) is 4.42. The first-order valence-electron chi connectivity index (χ1n) is 6.52. The highest BCUT2D eigenvalue weighted by atomic mass is 32.1. The van der Waals surface area contributed by atoms with E-state index in [1.807, 2.05) is 23.1 Å². The van der Waals surface area contributed by atoms with Gasteiger partial charge in [-0.1, -0.05) is 6.07 Å². The van der Waals surface area contributed by atoms with Crippen LogP contribution in [0.25, 0.3) is 0 Å². The molecule has 19 heavy (non-hydrogen) atoms. The smallest absolute Gasteiger partial charge is 0.0800 e. The van der Waals surface area contributed by atoms with Crippen LogP contribution in [0.5, 0.6) is 0 Å². The minimum Gasteiger partial charge on any atom is -0.384 e. The summed E-state index contributed by atoms with van der Waals surface area (Å²) in [4.78, 5) is 3.88. The summed E-state index contributed by atoms with van der Waals surface area (Å²) in [6.45, 7) is 3.76. The molecule has 1 aliphatic heterocycles. The zero-order valence-electron chi connectivity index (χ0n) is 11.4. The van der Waals surface area contributed by atoms with Crippen LogP contribution in [0, 0.1) is 0 Å². The highest BCUT2D eigenvalue weighted by Gasteiger charge is 2.27. The van der Waals surface area contributed by atoms with Crippen LogP contribution in [0.2, 0.25) is 0 Å². The van der Waals surface area contributed by atoms with Gasteiger partial charge in [-0.05, 0) is 11.4 Å². The number of hydrogen-bond acceptors (Lipinski definition) is 4. The number of hydrogen-bond donors (Lipinski definition) is 0. The molecular weight excluding hydrogens is 258 g/mol. The molecular formula is C14H19N3OS. The Morgan fingerprint density at radius 3 is 3.16 bits per heavy atom. The van der Waals surface area contributed by atoms with Crippen molar-refractivity contribution in [3.05, 3.63) is 39.8 Å². The molecule has 3 rings (SSSR count). The molecule has 0 N–H and O–H groups in total. The summed E-state index contributed by atoms with van der Waals surface area (Å²) in [5.74, 6) is 0.433. The van der Waals surface area contributed by atoms with Gasteiger partial charge in [-0.3, -0.25) is 9.58 Å². The first-order valence-corrected chi connectivity index (χ1v) is 7.40. The van der Waals surface area contributed by atoms with Gasteiger partial charge in [-0.2, -0.15) is 5.10 Å². The van der Waals surface area contributed by atoms with E-state index in [1.54, 1.807) is 7.11 Å². The Labute approximate surface area is 117 Å². The van der Waals surface area contributed by atoms with Crippen LogP contribution in [0.15, 0.2) is 23.7 Å². The van der Waals surface area contributed by atoms with Crippen LogP contribution in [-0.4, -0.2) is 34.9 Å². The van der Waals surface area contributed by atoms with E-state index in [2.05, 4.69) is 33.7 Å². The van der Waals surface area contributed by atoms with E-state index in [9.17, 15) is 0 Å². The Morgan fingerprint density at radius 2 is 2.42 bits per heavy atom. The lowest BCUT2D eigenvalue weighted by atomic mass is 9.96. The second-order valence-electron chi connectivity index (χ2n) is 5.11. The van der Waals surface area contributed by atoms with Gasteiger partial charge in [0.2, 0.25) is 0 Å². The average molecular weight is 277 g/mol. The van der Waals surface area contributed by atoms with Crippen molar-refractivity contribution in [2.24, 2.45) is 7.05 Å². The van der Waals surface area contributed by atoms with Crippen LogP contribution in [-0.2, 0) is 24.9 Å². The van der Waals surface area contributed by atoms with Crippen LogP contribution in [0.3, 0.4) is 0 Å². The number of ether oxygens (including phenoxy) is 1. The number of rotatable bonds is 4. The summed E-state index contributed by atoms with van der Waals surface area (Å²) in [6, 6.07) is 4.31. The Kier molecular flexibility index (Phi) is 3.68. The topological polar surface area (TPSA) is 30.3 Å². The molecule has 1 atom stereocenters. The van der Waals surface area contributed by atoms with Gasteiger partial charge < -0.3 is 4.74 Å². The van der Waals surface area contributed by atoms with Crippen LogP contribution in [0.4, 0.5) is 0 Å². The highest BCUT2D eigenvalue weighted by Crippen LogP contribution is 2.29. The van der Waals surface area contributed by atoms with E-state index in [4.69, 9.17) is 4.74 Å². The second-order valence-corrected chi connectivity index (χ2v) is 6.14. The predicted octanol–water partition coefficient (Wildman–Crippen LogP) is 2.23. The monoisotopic (exact) mass is 277 g/mol. The summed E-state index contributed by atoms with van der Waals surface area (Å²) < 4.78 is 7.29. The van der Waals surface area contributed by atoms with Crippen molar-refractivity contribution in [3.8, 4) is 0 Å². The normalized spacial score (nSPS) is 19.6. The Balaban J connectivity index is 1.79. The standard InChI is InChI=1S/C14H19N3OS/c1-16-8-13-11(10-18-2)6-17(9-14(13)15-16)7-12-4-3-5-19-12/h3-5,8,11H,6-7,9-10H2,1-2H3/t11-/m0/s1. The SMILES string of the molecule is COC[C@@H]1CN(Cc2cccs2)Cc2nn(C)cc21. The summed E-state index contributed by atoms with van der Waals surface area (Å²) >= 11 is 1.82. The summed E-state index contributed by atoms with van der Waals surface area (Å²) in [5, 5.41) is 6.72. The number of thiophene rings is 1. The molecule has 0 saturated heterocycles. The van der Waals surface area contributed by atoms with E-state index in [0.717, 1.165) is 26.2 Å². The van der Waals surface area contributed by atoms with Gasteiger partial charge in [-0.25, -0.2) is 0 Å². The Hall–Kier alpha value is -1.17. The largest absolute Gasteiger partial charge is 0.384 e. The minimum atomic E-state index is 0.433. The van der Waals surface area contributed by atoms with Gasteiger partial charge in [-0.15, -0.1) is 11.3 Å². The zero-order valence-corrected chi connectivity index (χ0v) is 12.2. The molecule has 0 radical (unpaired) electrons. The van der Waals surface area contributed by atoms with Crippen LogP contribution < -0.4 is 0 Å². The first-order chi connectivity index (χ1) is 9.26. The molecule has 0 fully saturated rings. The average Bonchev–Trinajstić information content (AvgIpc) is 2.98. The molecule has 0 amide bonds. The third-order valence-electron chi connectivity index (χ3n) is 3.56. The van der Waals surface area contributed by atoms with Gasteiger partial charge in [0.05, 0.1) is 12.3 Å². The van der Waals surface area contributed by atoms with E-state index < -0.39 is 0 Å². The molecule has 0 saturated carbocycles. The molecule has 3 heterocycles. The quantitative estimate of drug-likeness (QED) is 0.858. The van der Waals surface area contributed by atoms with E-state index >= 15 is 0 Å². The number of aryl methyl sites for hydroxylation is 1. The summed E-state index contributed by atoms with van der Waals surface area (Å²) in [6.07, 6.45) is 2.14. The van der Waals surface area contributed by atoms with Gasteiger partial charge in [0.25, 0.3) is 0 Å². The summed E-state index contributed by atoms with van der Waals surface area (Å²) in [5.41, 5.74) is 2.55. The molecule has 102 valence electrons. The second kappa shape index (κ2) is 5.45. The van der Waals surface area contributed by atoms with Crippen molar-refractivity contribution in [2.75, 3.05) is 20.3 Å². The Morgan fingerprint density at radius 1 is 1.53 bits per heavy atom. The van der Waals surface area contributed by atoms with Crippen molar-refractivity contribution in [2.45, 2.75) is 19.0 Å². The van der Waals surface area contributed by atoms with Crippen LogP contribution >= 0.6 is 11.3 Å². The lowest BCUT2D eigenvalue weighted by Crippen LogP contribution is -2.34. The molecule has 2 aromatic heterocycles.